The Morgan fingerprint density at radius 3 is 2.84 bits per heavy atom. The van der Waals surface area contributed by atoms with Gasteiger partial charge in [-0.25, -0.2) is 4.79 Å². The highest BCUT2D eigenvalue weighted by molar-refractivity contribution is 5.82. The molecule has 102 valence electrons. The van der Waals surface area contributed by atoms with E-state index in [-0.39, 0.29) is 12.6 Å². The normalized spacial score (nSPS) is 10.7. The molecule has 19 heavy (non-hydrogen) atoms. The second-order valence-electron chi connectivity index (χ2n) is 4.45. The van der Waals surface area contributed by atoms with Gasteiger partial charge in [0.25, 0.3) is 0 Å². The largest absolute Gasteiger partial charge is 0.459 e. The molecule has 0 aliphatic heterocycles. The Kier molecular flexibility index (Phi) is 4.06. The van der Waals surface area contributed by atoms with Gasteiger partial charge in [0.15, 0.2) is 0 Å². The number of urea groups is 1. The number of amides is 2. The number of benzene rings is 1. The highest BCUT2D eigenvalue weighted by atomic mass is 16.3. The minimum absolute atomic E-state index is 0.0480. The lowest BCUT2D eigenvalue weighted by molar-refractivity contribution is 0.189. The van der Waals surface area contributed by atoms with Gasteiger partial charge in [0.2, 0.25) is 0 Å². The molecule has 2 rings (SSSR count). The van der Waals surface area contributed by atoms with Gasteiger partial charge in [-0.15, -0.1) is 0 Å². The van der Waals surface area contributed by atoms with Gasteiger partial charge in [0.1, 0.15) is 11.3 Å². The van der Waals surface area contributed by atoms with Crippen LogP contribution in [0.3, 0.4) is 0 Å². The molecule has 0 spiro atoms. The number of nitrogens with zero attached hydrogens (tertiary/aromatic N) is 1. The van der Waals surface area contributed by atoms with Crippen LogP contribution in [0, 0.1) is 6.92 Å². The van der Waals surface area contributed by atoms with Gasteiger partial charge < -0.3 is 19.7 Å². The summed E-state index contributed by atoms with van der Waals surface area (Å²) in [6, 6.07) is 7.56. The molecule has 0 saturated carbocycles. The van der Waals surface area contributed by atoms with Crippen molar-refractivity contribution in [3.05, 3.63) is 35.6 Å². The number of carbonyl (C=O) groups is 1. The number of fused-ring (bicyclic) bond motifs is 1. The molecule has 0 aliphatic carbocycles. The van der Waals surface area contributed by atoms with Crippen molar-refractivity contribution in [1.29, 1.82) is 0 Å². The average molecular weight is 262 g/mol. The van der Waals surface area contributed by atoms with Crippen molar-refractivity contribution in [2.45, 2.75) is 13.5 Å². The number of furan rings is 1. The van der Waals surface area contributed by atoms with Crippen LogP contribution in [0.1, 0.15) is 11.3 Å². The lowest BCUT2D eigenvalue weighted by Crippen LogP contribution is -2.38. The first-order valence-corrected chi connectivity index (χ1v) is 6.20. The Morgan fingerprint density at radius 2 is 2.16 bits per heavy atom. The van der Waals surface area contributed by atoms with Crippen LogP contribution < -0.4 is 5.32 Å². The number of para-hydroxylation sites is 1. The lowest BCUT2D eigenvalue weighted by Gasteiger charge is -2.16. The fraction of sp³-hybridized carbons (Fsp3) is 0.357. The third-order valence-corrected chi connectivity index (χ3v) is 3.12. The van der Waals surface area contributed by atoms with E-state index in [2.05, 4.69) is 5.32 Å². The van der Waals surface area contributed by atoms with Crippen molar-refractivity contribution in [1.82, 2.24) is 10.2 Å². The molecule has 0 atom stereocenters. The summed E-state index contributed by atoms with van der Waals surface area (Å²) in [6.45, 7) is 2.58. The maximum absolute atomic E-state index is 11.7. The number of aliphatic hydroxyl groups excluding tert-OH is 1. The van der Waals surface area contributed by atoms with Gasteiger partial charge in [-0.3, -0.25) is 0 Å². The molecule has 0 aliphatic rings. The number of aryl methyl sites for hydroxylation is 1. The highest BCUT2D eigenvalue weighted by Gasteiger charge is 2.12. The van der Waals surface area contributed by atoms with Gasteiger partial charge in [0, 0.05) is 24.5 Å². The van der Waals surface area contributed by atoms with Crippen LogP contribution >= 0.6 is 0 Å². The van der Waals surface area contributed by atoms with E-state index in [1.54, 1.807) is 7.05 Å². The molecule has 2 aromatic rings. The van der Waals surface area contributed by atoms with Crippen molar-refractivity contribution >= 4 is 17.0 Å². The molecular formula is C14H18N2O3. The smallest absolute Gasteiger partial charge is 0.317 e. The molecule has 0 bridgehead atoms. The monoisotopic (exact) mass is 262 g/mol. The van der Waals surface area contributed by atoms with Crippen molar-refractivity contribution in [2.24, 2.45) is 0 Å². The number of carbonyl (C=O) groups excluding carboxylic acids is 1. The van der Waals surface area contributed by atoms with Crippen LogP contribution in [0.2, 0.25) is 0 Å². The summed E-state index contributed by atoms with van der Waals surface area (Å²) in [5.41, 5.74) is 1.87. The molecule has 5 heteroatoms. The first kappa shape index (κ1) is 13.4. The minimum Gasteiger partial charge on any atom is -0.459 e. The maximum Gasteiger partial charge on any atom is 0.317 e. The maximum atomic E-state index is 11.7. The van der Waals surface area contributed by atoms with Gasteiger partial charge in [-0.1, -0.05) is 18.2 Å². The van der Waals surface area contributed by atoms with Crippen LogP contribution in [0.5, 0.6) is 0 Å². The van der Waals surface area contributed by atoms with Crippen LogP contribution in [0.4, 0.5) is 4.79 Å². The third-order valence-electron chi connectivity index (χ3n) is 3.12. The Morgan fingerprint density at radius 1 is 1.42 bits per heavy atom. The van der Waals surface area contributed by atoms with Crippen molar-refractivity contribution in [3.8, 4) is 0 Å². The summed E-state index contributed by atoms with van der Waals surface area (Å²) >= 11 is 0. The van der Waals surface area contributed by atoms with Crippen LogP contribution in [-0.2, 0) is 6.54 Å². The zero-order chi connectivity index (χ0) is 13.8. The summed E-state index contributed by atoms with van der Waals surface area (Å²) in [5.74, 6) is 0.756. The van der Waals surface area contributed by atoms with Crippen molar-refractivity contribution < 1.29 is 14.3 Å². The molecule has 1 aromatic heterocycles. The average Bonchev–Trinajstić information content (AvgIpc) is 2.73. The third kappa shape index (κ3) is 2.88. The Bertz CT molecular complexity index is 577. The van der Waals surface area contributed by atoms with E-state index in [9.17, 15) is 4.79 Å². The van der Waals surface area contributed by atoms with E-state index >= 15 is 0 Å². The van der Waals surface area contributed by atoms with E-state index in [1.165, 1.54) is 4.90 Å². The topological polar surface area (TPSA) is 65.7 Å². The second kappa shape index (κ2) is 5.75. The van der Waals surface area contributed by atoms with E-state index in [0.717, 1.165) is 22.3 Å². The Labute approximate surface area is 111 Å². The van der Waals surface area contributed by atoms with Gasteiger partial charge in [0.05, 0.1) is 13.2 Å². The van der Waals surface area contributed by atoms with Crippen molar-refractivity contribution in [2.75, 3.05) is 20.2 Å². The van der Waals surface area contributed by atoms with Gasteiger partial charge in [-0.05, 0) is 13.0 Å². The van der Waals surface area contributed by atoms with Gasteiger partial charge in [-0.2, -0.15) is 0 Å². The number of aliphatic hydroxyl groups is 1. The Hall–Kier alpha value is -2.01. The number of rotatable bonds is 4. The zero-order valence-corrected chi connectivity index (χ0v) is 11.1. The molecule has 1 heterocycles. The number of hydrogen-bond donors (Lipinski definition) is 2. The number of hydrogen-bond acceptors (Lipinski definition) is 3. The molecule has 0 saturated heterocycles. The summed E-state index contributed by atoms with van der Waals surface area (Å²) < 4.78 is 5.71. The first-order valence-electron chi connectivity index (χ1n) is 6.20. The van der Waals surface area contributed by atoms with Crippen LogP contribution in [-0.4, -0.2) is 36.2 Å². The van der Waals surface area contributed by atoms with Crippen molar-refractivity contribution in [3.63, 3.8) is 0 Å². The highest BCUT2D eigenvalue weighted by Crippen LogP contribution is 2.24. The fourth-order valence-electron chi connectivity index (χ4n) is 1.94. The number of likely N-dealkylation sites (N-methyl/N-ethyl adjacent to an activating group) is 1. The molecule has 2 amide bonds. The quantitative estimate of drug-likeness (QED) is 0.884. The van der Waals surface area contributed by atoms with E-state index < -0.39 is 0 Å². The summed E-state index contributed by atoms with van der Waals surface area (Å²) in [7, 11) is 1.64. The standard InChI is InChI=1S/C14H18N2O3/c1-10-11-5-3-4-6-12(11)19-13(10)9-15-14(18)16(2)7-8-17/h3-6,17H,7-9H2,1-2H3,(H,15,18). The molecule has 0 fully saturated rings. The van der Waals surface area contributed by atoms with Crippen LogP contribution in [0.15, 0.2) is 28.7 Å². The zero-order valence-electron chi connectivity index (χ0n) is 11.1. The Balaban J connectivity index is 2.06. The second-order valence-corrected chi connectivity index (χ2v) is 4.45. The minimum atomic E-state index is -0.228. The van der Waals surface area contributed by atoms with Gasteiger partial charge >= 0.3 is 6.03 Å². The molecule has 2 N–H and O–H groups in total. The molecule has 5 nitrogen and oxygen atoms in total. The van der Waals surface area contributed by atoms with Crippen LogP contribution in [0.25, 0.3) is 11.0 Å². The lowest BCUT2D eigenvalue weighted by atomic mass is 10.1. The summed E-state index contributed by atoms with van der Waals surface area (Å²) in [6.07, 6.45) is 0. The number of nitrogens with one attached hydrogen (secondary N) is 1. The predicted molar refractivity (Wildman–Crippen MR) is 72.9 cm³/mol. The fourth-order valence-corrected chi connectivity index (χ4v) is 1.94. The summed E-state index contributed by atoms with van der Waals surface area (Å²) in [5, 5.41) is 12.6. The van der Waals surface area contributed by atoms with E-state index in [1.807, 2.05) is 31.2 Å². The van der Waals surface area contributed by atoms with E-state index in [4.69, 9.17) is 9.52 Å². The first-order chi connectivity index (χ1) is 9.13. The van der Waals surface area contributed by atoms with E-state index in [0.29, 0.717) is 13.1 Å². The molecular weight excluding hydrogens is 244 g/mol. The molecule has 0 radical (unpaired) electrons. The SMILES string of the molecule is Cc1c(CNC(=O)N(C)CCO)oc2ccccc12. The molecule has 1 aromatic carbocycles. The summed E-state index contributed by atoms with van der Waals surface area (Å²) in [4.78, 5) is 13.1. The predicted octanol–water partition coefficient (Wildman–Crippen LogP) is 1.87. The molecule has 0 unspecified atom stereocenters.